The van der Waals surface area contributed by atoms with Gasteiger partial charge in [-0.15, -0.1) is 0 Å². The van der Waals surface area contributed by atoms with Crippen molar-refractivity contribution in [1.82, 2.24) is 4.90 Å². The van der Waals surface area contributed by atoms with Gasteiger partial charge in [0, 0.05) is 51.0 Å². The number of nitrogens with zero attached hydrogens (tertiary/aromatic N) is 1. The fourth-order valence-corrected chi connectivity index (χ4v) is 14.1. The van der Waals surface area contributed by atoms with E-state index in [0.717, 1.165) is 18.6 Å². The summed E-state index contributed by atoms with van der Waals surface area (Å²) in [4.78, 5) is 45.5. The number of hydrogen-bond acceptors (Lipinski definition) is 8. The van der Waals surface area contributed by atoms with Gasteiger partial charge < -0.3 is 29.3 Å². The van der Waals surface area contributed by atoms with Gasteiger partial charge in [0.05, 0.1) is 37.9 Å². The molecule has 1 aliphatic heterocycles. The number of ether oxygens (including phenoxy) is 3. The maximum absolute atomic E-state index is 15.4. The maximum Gasteiger partial charge on any atom is 0.313 e. The van der Waals surface area contributed by atoms with Gasteiger partial charge in [0.15, 0.2) is 23.0 Å². The van der Waals surface area contributed by atoms with E-state index >= 15 is 4.79 Å². The fourth-order valence-electron chi connectivity index (χ4n) is 14.1. The Morgan fingerprint density at radius 2 is 1.58 bits per heavy atom. The lowest BCUT2D eigenvalue weighted by molar-refractivity contribution is -0.187. The molecule has 5 fully saturated rings. The number of fused-ring (bicyclic) bond motifs is 3. The van der Waals surface area contributed by atoms with Crippen LogP contribution in [0.1, 0.15) is 108 Å². The summed E-state index contributed by atoms with van der Waals surface area (Å²) >= 11 is 0. The van der Waals surface area contributed by atoms with Crippen molar-refractivity contribution in [1.29, 1.82) is 0 Å². The molecule has 11 heteroatoms. The Labute approximate surface area is 345 Å². The molecule has 4 saturated carbocycles. The molecule has 7 aliphatic carbocycles. The van der Waals surface area contributed by atoms with Crippen molar-refractivity contribution in [3.05, 3.63) is 83.0 Å². The van der Waals surface area contributed by atoms with Crippen molar-refractivity contribution >= 4 is 17.7 Å². The number of esters is 1. The van der Waals surface area contributed by atoms with Crippen LogP contribution in [0.3, 0.4) is 0 Å². The van der Waals surface area contributed by atoms with E-state index in [1.54, 1.807) is 31.3 Å². The van der Waals surface area contributed by atoms with E-state index < -0.39 is 56.0 Å². The summed E-state index contributed by atoms with van der Waals surface area (Å²) in [6.45, 7) is 10.1. The van der Waals surface area contributed by atoms with Crippen molar-refractivity contribution in [3.63, 3.8) is 0 Å². The number of carbonyl (C=O) groups excluding carboxylic acids is 3. The minimum atomic E-state index is -1.45. The van der Waals surface area contributed by atoms with Gasteiger partial charge in [-0.3, -0.25) is 14.4 Å². The van der Waals surface area contributed by atoms with Gasteiger partial charge in [0.25, 0.3) is 5.91 Å². The Balaban J connectivity index is 1.15. The lowest BCUT2D eigenvalue weighted by atomic mass is 9.32. The second-order valence-corrected chi connectivity index (χ2v) is 20.3. The molecular formula is C48H57F2NO8. The molecule has 2 spiro atoms. The number of ketones is 1. The average molecular weight is 814 g/mol. The molecule has 8 aliphatic rings. The molecule has 1 amide bonds. The third kappa shape index (κ3) is 4.92. The van der Waals surface area contributed by atoms with Crippen LogP contribution in [0.5, 0.6) is 11.5 Å². The summed E-state index contributed by atoms with van der Waals surface area (Å²) in [5.41, 5.74) is -5.89. The van der Waals surface area contributed by atoms with Gasteiger partial charge in [-0.25, -0.2) is 8.78 Å². The van der Waals surface area contributed by atoms with E-state index in [0.29, 0.717) is 74.0 Å². The summed E-state index contributed by atoms with van der Waals surface area (Å²) in [6.07, 6.45) is 10.7. The lowest BCUT2D eigenvalue weighted by Crippen LogP contribution is -2.67. The predicted octanol–water partition coefficient (Wildman–Crippen LogP) is 7.91. The number of halogens is 2. The molecule has 2 N–H and O–H groups in total. The van der Waals surface area contributed by atoms with Crippen LogP contribution in [-0.4, -0.2) is 70.8 Å². The van der Waals surface area contributed by atoms with E-state index in [4.69, 9.17) is 14.2 Å². The monoisotopic (exact) mass is 813 g/mol. The Morgan fingerprint density at radius 3 is 2.24 bits per heavy atom. The van der Waals surface area contributed by atoms with Crippen LogP contribution in [0.25, 0.3) is 0 Å². The van der Waals surface area contributed by atoms with Crippen molar-refractivity contribution in [3.8, 4) is 11.5 Å². The summed E-state index contributed by atoms with van der Waals surface area (Å²) in [5, 5.41) is 24.5. The highest BCUT2D eigenvalue weighted by Crippen LogP contribution is 2.78. The number of aliphatic hydroxyl groups excluding tert-OH is 1. The number of Topliss-reactive ketones (excluding diaryl/α,β-unsaturated/α-hetero) is 1. The van der Waals surface area contributed by atoms with Crippen molar-refractivity contribution in [2.45, 2.75) is 116 Å². The van der Waals surface area contributed by atoms with Crippen molar-refractivity contribution in [2.24, 2.45) is 44.3 Å². The first kappa shape index (κ1) is 40.3. The van der Waals surface area contributed by atoms with Crippen LogP contribution in [0, 0.1) is 56.0 Å². The smallest absolute Gasteiger partial charge is 0.313 e. The van der Waals surface area contributed by atoms with E-state index in [2.05, 4.69) is 26.0 Å². The summed E-state index contributed by atoms with van der Waals surface area (Å²) in [6, 6.07) is 8.69. The third-order valence-corrected chi connectivity index (χ3v) is 18.2. The molecule has 0 aromatic heterocycles. The van der Waals surface area contributed by atoms with Gasteiger partial charge in [-0.05, 0) is 112 Å². The topological polar surface area (TPSA) is 123 Å². The molecule has 0 radical (unpaired) electrons. The molecule has 2 aromatic rings. The summed E-state index contributed by atoms with van der Waals surface area (Å²) in [5.74, 6) is -2.46. The number of benzene rings is 2. The molecule has 10 atom stereocenters. The summed E-state index contributed by atoms with van der Waals surface area (Å²) in [7, 11) is 3.12. The molecule has 1 saturated heterocycles. The van der Waals surface area contributed by atoms with E-state index in [9.17, 15) is 28.6 Å². The normalized spacial score (nSPS) is 40.8. The summed E-state index contributed by atoms with van der Waals surface area (Å²) < 4.78 is 46.4. The number of aliphatic hydroxyl groups is 2. The SMILES string of the molecule is COc1ccc(CN(CC2(O)CCC3C45C=CC6(C=C4C(=O)c4ccc(F)c(F)c4)CC(O)CCC6(C)C5CCC32C)C(=O)C23CCC(C)(C(=O)O2)C3(C)C)c(OC)c1. The molecular weight excluding hydrogens is 757 g/mol. The van der Waals surface area contributed by atoms with Gasteiger partial charge in [-0.1, -0.05) is 45.9 Å². The van der Waals surface area contributed by atoms with Crippen LogP contribution >= 0.6 is 0 Å². The van der Waals surface area contributed by atoms with Crippen LogP contribution in [-0.2, 0) is 20.9 Å². The second-order valence-electron chi connectivity index (χ2n) is 20.3. The lowest BCUT2D eigenvalue weighted by Gasteiger charge is -2.71. The van der Waals surface area contributed by atoms with E-state index in [-0.39, 0.29) is 53.6 Å². The maximum atomic E-state index is 15.4. The molecule has 59 heavy (non-hydrogen) atoms. The third-order valence-electron chi connectivity index (χ3n) is 18.2. The fraction of sp³-hybridized carbons (Fsp3) is 0.604. The molecule has 10 unspecified atom stereocenters. The molecule has 4 bridgehead atoms. The highest BCUT2D eigenvalue weighted by Gasteiger charge is 2.78. The number of methoxy groups -OCH3 is 2. The molecule has 1 heterocycles. The highest BCUT2D eigenvalue weighted by atomic mass is 19.2. The molecule has 2 aromatic carbocycles. The second kappa shape index (κ2) is 12.7. The molecule has 9 nitrogen and oxygen atoms in total. The number of carbonyl (C=O) groups is 3. The van der Waals surface area contributed by atoms with Crippen LogP contribution in [0.4, 0.5) is 8.78 Å². The van der Waals surface area contributed by atoms with Gasteiger partial charge in [0.1, 0.15) is 11.5 Å². The Morgan fingerprint density at radius 1 is 0.864 bits per heavy atom. The minimum Gasteiger partial charge on any atom is -0.497 e. The van der Waals surface area contributed by atoms with E-state index in [1.165, 1.54) is 6.07 Å². The van der Waals surface area contributed by atoms with Gasteiger partial charge >= 0.3 is 5.97 Å². The first-order valence-electron chi connectivity index (χ1n) is 21.3. The van der Waals surface area contributed by atoms with Crippen LogP contribution in [0.15, 0.2) is 60.2 Å². The zero-order chi connectivity index (χ0) is 42.3. The van der Waals surface area contributed by atoms with Crippen molar-refractivity contribution < 1.29 is 47.6 Å². The molecule has 316 valence electrons. The zero-order valence-corrected chi connectivity index (χ0v) is 35.3. The number of amides is 1. The first-order chi connectivity index (χ1) is 27.7. The van der Waals surface area contributed by atoms with Gasteiger partial charge in [0.2, 0.25) is 0 Å². The number of rotatable bonds is 9. The van der Waals surface area contributed by atoms with Gasteiger partial charge in [-0.2, -0.15) is 0 Å². The van der Waals surface area contributed by atoms with Crippen LogP contribution in [0.2, 0.25) is 0 Å². The Kier molecular flexibility index (Phi) is 8.70. The predicted molar refractivity (Wildman–Crippen MR) is 214 cm³/mol. The largest absolute Gasteiger partial charge is 0.497 e. The minimum absolute atomic E-state index is 0.0304. The standard InChI is InChI=1S/C48H57F2NO8/c1-41(2)44(5)18-21-48(41,59-40(44)55)39(54)51(26-29-8-10-31(57-6)23-35(29)58-7)27-46(56)17-14-37-43(46,4)16-13-36-42(3)15-12-30(52)24-45(42)19-20-47(36,37)32(25-45)38(53)28-9-11-33(49)34(50)22-28/h8-11,19-20,22-23,25,30,36-37,52,56H,12-18,21,24,26-27H2,1-7H3. The van der Waals surface area contributed by atoms with Crippen LogP contribution < -0.4 is 9.47 Å². The van der Waals surface area contributed by atoms with Crippen molar-refractivity contribution in [2.75, 3.05) is 20.8 Å². The highest BCUT2D eigenvalue weighted by molar-refractivity contribution is 6.10. The zero-order valence-electron chi connectivity index (χ0n) is 35.3. The quantitative estimate of drug-likeness (QED) is 0.149. The average Bonchev–Trinajstić information content (AvgIpc) is 3.65. The number of hydrogen-bond donors (Lipinski definition) is 2. The first-order valence-corrected chi connectivity index (χ1v) is 21.3. The Hall–Kier alpha value is -4.09. The number of allylic oxidation sites excluding steroid dienone is 4. The molecule has 10 rings (SSSR count). The van der Waals surface area contributed by atoms with E-state index in [1.807, 2.05) is 32.9 Å². The Bertz CT molecular complexity index is 2240.